The SMILES string of the molecule is CCOC(=O)Nc1c(F)cc(OC)cc1F. The molecule has 0 aromatic heterocycles. The summed E-state index contributed by atoms with van der Waals surface area (Å²) >= 11 is 0. The number of amides is 1. The van der Waals surface area contributed by atoms with E-state index in [-0.39, 0.29) is 12.4 Å². The van der Waals surface area contributed by atoms with E-state index in [9.17, 15) is 13.6 Å². The molecule has 6 heteroatoms. The predicted molar refractivity (Wildman–Crippen MR) is 53.6 cm³/mol. The molecule has 1 aromatic carbocycles. The van der Waals surface area contributed by atoms with Crippen LogP contribution >= 0.6 is 0 Å². The molecule has 0 heterocycles. The normalized spacial score (nSPS) is 9.75. The number of hydrogen-bond donors (Lipinski definition) is 1. The molecular weight excluding hydrogens is 220 g/mol. The number of rotatable bonds is 3. The van der Waals surface area contributed by atoms with Gasteiger partial charge in [0, 0.05) is 12.1 Å². The summed E-state index contributed by atoms with van der Waals surface area (Å²) in [6.45, 7) is 1.70. The first-order chi connectivity index (χ1) is 7.58. The lowest BCUT2D eigenvalue weighted by molar-refractivity contribution is 0.167. The zero-order valence-corrected chi connectivity index (χ0v) is 8.84. The molecule has 0 aliphatic heterocycles. The van der Waals surface area contributed by atoms with E-state index >= 15 is 0 Å². The van der Waals surface area contributed by atoms with Crippen LogP contribution in [0.2, 0.25) is 0 Å². The Kier molecular flexibility index (Phi) is 4.04. The summed E-state index contributed by atoms with van der Waals surface area (Å²) in [7, 11) is 1.28. The Morgan fingerprint density at radius 1 is 1.38 bits per heavy atom. The number of hydrogen-bond acceptors (Lipinski definition) is 3. The third-order valence-electron chi connectivity index (χ3n) is 1.75. The van der Waals surface area contributed by atoms with E-state index in [4.69, 9.17) is 0 Å². The van der Waals surface area contributed by atoms with Gasteiger partial charge in [-0.25, -0.2) is 13.6 Å². The van der Waals surface area contributed by atoms with Crippen molar-refractivity contribution < 1.29 is 23.0 Å². The van der Waals surface area contributed by atoms with Gasteiger partial charge in [-0.05, 0) is 6.92 Å². The Balaban J connectivity index is 2.92. The summed E-state index contributed by atoms with van der Waals surface area (Å²) in [5, 5.41) is 1.96. The molecule has 0 saturated carbocycles. The minimum atomic E-state index is -0.926. The van der Waals surface area contributed by atoms with Crippen molar-refractivity contribution in [3.8, 4) is 5.75 Å². The number of nitrogens with one attached hydrogen (secondary N) is 1. The third kappa shape index (κ3) is 2.82. The Bertz CT molecular complexity index is 373. The fraction of sp³-hybridized carbons (Fsp3) is 0.300. The lowest BCUT2D eigenvalue weighted by Crippen LogP contribution is -2.15. The molecular formula is C10H11F2NO3. The second-order valence-electron chi connectivity index (χ2n) is 2.81. The van der Waals surface area contributed by atoms with Crippen molar-refractivity contribution in [2.45, 2.75) is 6.92 Å². The van der Waals surface area contributed by atoms with E-state index in [1.54, 1.807) is 6.92 Å². The summed E-state index contributed by atoms with van der Waals surface area (Å²) < 4.78 is 35.8. The van der Waals surface area contributed by atoms with Gasteiger partial charge >= 0.3 is 6.09 Å². The van der Waals surface area contributed by atoms with Crippen LogP contribution in [0.5, 0.6) is 5.75 Å². The van der Waals surface area contributed by atoms with Crippen LogP contribution in [0.1, 0.15) is 6.92 Å². The van der Waals surface area contributed by atoms with Gasteiger partial charge in [0.05, 0.1) is 13.7 Å². The van der Waals surface area contributed by atoms with Gasteiger partial charge in [-0.15, -0.1) is 0 Å². The molecule has 1 amide bonds. The van der Waals surface area contributed by atoms with E-state index in [0.29, 0.717) is 0 Å². The molecule has 0 unspecified atom stereocenters. The van der Waals surface area contributed by atoms with Gasteiger partial charge in [0.25, 0.3) is 0 Å². The number of halogens is 2. The van der Waals surface area contributed by atoms with Gasteiger partial charge < -0.3 is 9.47 Å². The minimum absolute atomic E-state index is 0.0319. The van der Waals surface area contributed by atoms with E-state index in [1.165, 1.54) is 7.11 Å². The number of carbonyl (C=O) groups is 1. The molecule has 1 N–H and O–H groups in total. The summed E-state index contributed by atoms with van der Waals surface area (Å²) in [6.07, 6.45) is -0.912. The van der Waals surface area contributed by atoms with Gasteiger partial charge in [0.1, 0.15) is 11.4 Å². The molecule has 88 valence electrons. The molecule has 0 spiro atoms. The second-order valence-corrected chi connectivity index (χ2v) is 2.81. The van der Waals surface area contributed by atoms with Crippen molar-refractivity contribution in [3.05, 3.63) is 23.8 Å². The smallest absolute Gasteiger partial charge is 0.411 e. The first kappa shape index (κ1) is 12.2. The van der Waals surface area contributed by atoms with Gasteiger partial charge in [-0.2, -0.15) is 0 Å². The number of anilines is 1. The van der Waals surface area contributed by atoms with E-state index < -0.39 is 23.4 Å². The van der Waals surface area contributed by atoms with Crippen LogP contribution in [0.4, 0.5) is 19.3 Å². The standard InChI is InChI=1S/C10H11F2NO3/c1-3-16-10(14)13-9-7(11)4-6(15-2)5-8(9)12/h4-5H,3H2,1-2H3,(H,13,14). The van der Waals surface area contributed by atoms with Gasteiger partial charge in [0.2, 0.25) is 0 Å². The number of ether oxygens (including phenoxy) is 2. The van der Waals surface area contributed by atoms with E-state index in [0.717, 1.165) is 12.1 Å². The van der Waals surface area contributed by atoms with Crippen LogP contribution in [-0.2, 0) is 4.74 Å². The van der Waals surface area contributed by atoms with Crippen LogP contribution in [0, 0.1) is 11.6 Å². The third-order valence-corrected chi connectivity index (χ3v) is 1.75. The molecule has 1 aromatic rings. The topological polar surface area (TPSA) is 47.6 Å². The monoisotopic (exact) mass is 231 g/mol. The highest BCUT2D eigenvalue weighted by Gasteiger charge is 2.14. The highest BCUT2D eigenvalue weighted by atomic mass is 19.1. The largest absolute Gasteiger partial charge is 0.497 e. The van der Waals surface area contributed by atoms with Crippen molar-refractivity contribution in [3.63, 3.8) is 0 Å². The average Bonchev–Trinajstić information content (AvgIpc) is 2.23. The fourth-order valence-corrected chi connectivity index (χ4v) is 1.06. The molecule has 0 bridgehead atoms. The lowest BCUT2D eigenvalue weighted by Gasteiger charge is -2.08. The Hall–Kier alpha value is -1.85. The van der Waals surface area contributed by atoms with Crippen molar-refractivity contribution in [1.82, 2.24) is 0 Å². The van der Waals surface area contributed by atoms with Crippen molar-refractivity contribution in [1.29, 1.82) is 0 Å². The predicted octanol–water partition coefficient (Wildman–Crippen LogP) is 2.54. The Labute approximate surface area is 91.2 Å². The van der Waals surface area contributed by atoms with Gasteiger partial charge in [0.15, 0.2) is 11.6 Å². The molecule has 0 aliphatic rings. The molecule has 0 radical (unpaired) electrons. The Morgan fingerprint density at radius 3 is 2.38 bits per heavy atom. The van der Waals surface area contributed by atoms with Crippen LogP contribution in [0.15, 0.2) is 12.1 Å². The summed E-state index contributed by atoms with van der Waals surface area (Å²) in [5.74, 6) is -1.82. The van der Waals surface area contributed by atoms with Gasteiger partial charge in [-0.1, -0.05) is 0 Å². The maximum absolute atomic E-state index is 13.3. The maximum atomic E-state index is 13.3. The average molecular weight is 231 g/mol. The van der Waals surface area contributed by atoms with Crippen molar-refractivity contribution in [2.24, 2.45) is 0 Å². The van der Waals surface area contributed by atoms with Crippen molar-refractivity contribution in [2.75, 3.05) is 19.0 Å². The molecule has 4 nitrogen and oxygen atoms in total. The number of carbonyl (C=O) groups excluding carboxylic acids is 1. The zero-order chi connectivity index (χ0) is 12.1. The molecule has 0 atom stereocenters. The maximum Gasteiger partial charge on any atom is 0.411 e. The fourth-order valence-electron chi connectivity index (χ4n) is 1.06. The second kappa shape index (κ2) is 5.29. The van der Waals surface area contributed by atoms with Crippen molar-refractivity contribution >= 4 is 11.8 Å². The van der Waals surface area contributed by atoms with Crippen LogP contribution in [0.3, 0.4) is 0 Å². The van der Waals surface area contributed by atoms with Gasteiger partial charge in [-0.3, -0.25) is 5.32 Å². The summed E-state index contributed by atoms with van der Waals surface area (Å²) in [5.41, 5.74) is -0.556. The minimum Gasteiger partial charge on any atom is -0.497 e. The number of benzene rings is 1. The quantitative estimate of drug-likeness (QED) is 0.869. The van der Waals surface area contributed by atoms with E-state index in [1.807, 2.05) is 5.32 Å². The number of methoxy groups -OCH3 is 1. The van der Waals surface area contributed by atoms with E-state index in [2.05, 4.69) is 9.47 Å². The first-order valence-electron chi connectivity index (χ1n) is 4.55. The van der Waals surface area contributed by atoms with Crippen LogP contribution in [0.25, 0.3) is 0 Å². The summed E-state index contributed by atoms with van der Waals surface area (Å²) in [4.78, 5) is 11.0. The first-order valence-corrected chi connectivity index (χ1v) is 4.55. The Morgan fingerprint density at radius 2 is 1.94 bits per heavy atom. The molecule has 0 fully saturated rings. The summed E-state index contributed by atoms with van der Waals surface area (Å²) in [6, 6.07) is 1.93. The molecule has 16 heavy (non-hydrogen) atoms. The highest BCUT2D eigenvalue weighted by molar-refractivity contribution is 5.85. The van der Waals surface area contributed by atoms with Crippen LogP contribution in [-0.4, -0.2) is 19.8 Å². The molecule has 1 rings (SSSR count). The lowest BCUT2D eigenvalue weighted by atomic mass is 10.2. The highest BCUT2D eigenvalue weighted by Crippen LogP contribution is 2.24. The molecule has 0 saturated heterocycles. The molecule has 0 aliphatic carbocycles. The zero-order valence-electron chi connectivity index (χ0n) is 8.84. The van der Waals surface area contributed by atoms with Crippen LogP contribution < -0.4 is 10.1 Å².